The van der Waals surface area contributed by atoms with Gasteiger partial charge >= 0.3 is 11.9 Å². The Morgan fingerprint density at radius 3 is 2.13 bits per heavy atom. The molecule has 1 fully saturated rings. The van der Waals surface area contributed by atoms with Crippen LogP contribution in [0.2, 0.25) is 0 Å². The fraction of sp³-hybridized carbons (Fsp3) is 0.207. The number of nitrogens with zero attached hydrogens (tertiary/aromatic N) is 2. The lowest BCUT2D eigenvalue weighted by Gasteiger charge is -2.16. The zero-order valence-corrected chi connectivity index (χ0v) is 22.4. The van der Waals surface area contributed by atoms with Crippen molar-refractivity contribution in [2.24, 2.45) is 7.05 Å². The summed E-state index contributed by atoms with van der Waals surface area (Å²) < 4.78 is 8.83. The van der Waals surface area contributed by atoms with Gasteiger partial charge < -0.3 is 9.57 Å². The van der Waals surface area contributed by atoms with Crippen LogP contribution in [0.25, 0.3) is 21.8 Å². The third-order valence-electron chi connectivity index (χ3n) is 6.58. The molecule has 5 rings (SSSR count). The van der Waals surface area contributed by atoms with Crippen molar-refractivity contribution in [2.45, 2.75) is 32.6 Å². The van der Waals surface area contributed by atoms with E-state index >= 15 is 0 Å². The van der Waals surface area contributed by atoms with Gasteiger partial charge in [0.1, 0.15) is 12.8 Å². The molecule has 1 aromatic heterocycles. The van der Waals surface area contributed by atoms with Gasteiger partial charge in [-0.2, -0.15) is 4.57 Å². The molecule has 0 N–H and O–H groups in total. The number of carbonyl (C=O) groups excluding carboxylic acids is 4. The largest absolute Gasteiger partial charge is 0.422 e. The second kappa shape index (κ2) is 10.3. The van der Waals surface area contributed by atoms with E-state index in [1.165, 1.54) is 0 Å². The van der Waals surface area contributed by atoms with E-state index in [2.05, 4.69) is 15.9 Å². The summed E-state index contributed by atoms with van der Waals surface area (Å²) in [5.41, 5.74) is 3.54. The number of aryl methyl sites for hydroxylation is 3. The lowest BCUT2D eigenvalue weighted by atomic mass is 10.0. The molecular formula is C29H24BrN2O6+. The summed E-state index contributed by atoms with van der Waals surface area (Å²) in [7, 11) is 1.96. The van der Waals surface area contributed by atoms with Gasteiger partial charge in [-0.25, -0.2) is 9.59 Å². The Bertz CT molecular complexity index is 1570. The van der Waals surface area contributed by atoms with Crippen LogP contribution in [-0.4, -0.2) is 28.8 Å². The SMILES string of the molecule is Cc1cc(Br)cc(CCC(=O)ON2C(=O)CCC2=O)c1OC(=O)c1c2ccccc2[n+](C)c2ccccc12. The van der Waals surface area contributed by atoms with E-state index in [1.54, 1.807) is 6.07 Å². The minimum absolute atomic E-state index is 0.0257. The summed E-state index contributed by atoms with van der Waals surface area (Å²) in [6.45, 7) is 1.82. The molecule has 1 aliphatic heterocycles. The molecule has 0 unspecified atom stereocenters. The van der Waals surface area contributed by atoms with Crippen LogP contribution in [0.5, 0.6) is 5.75 Å². The van der Waals surface area contributed by atoms with Crippen LogP contribution >= 0.6 is 15.9 Å². The third kappa shape index (κ3) is 4.77. The molecular weight excluding hydrogens is 552 g/mol. The Labute approximate surface area is 226 Å². The van der Waals surface area contributed by atoms with E-state index in [0.29, 0.717) is 27.5 Å². The zero-order chi connectivity index (χ0) is 27.0. The number of hydroxylamine groups is 2. The second-order valence-electron chi connectivity index (χ2n) is 9.11. The van der Waals surface area contributed by atoms with Crippen LogP contribution in [-0.2, 0) is 32.7 Å². The minimum atomic E-state index is -0.726. The van der Waals surface area contributed by atoms with Gasteiger partial charge in [-0.05, 0) is 48.7 Å². The average molecular weight is 576 g/mol. The number of aromatic nitrogens is 1. The molecule has 0 atom stereocenters. The van der Waals surface area contributed by atoms with Crippen molar-refractivity contribution in [1.29, 1.82) is 0 Å². The van der Waals surface area contributed by atoms with Crippen LogP contribution < -0.4 is 9.30 Å². The predicted molar refractivity (Wildman–Crippen MR) is 142 cm³/mol. The molecule has 1 saturated heterocycles. The monoisotopic (exact) mass is 575 g/mol. The molecule has 2 amide bonds. The number of rotatable bonds is 6. The Kier molecular flexibility index (Phi) is 6.94. The van der Waals surface area contributed by atoms with Crippen molar-refractivity contribution in [3.63, 3.8) is 0 Å². The van der Waals surface area contributed by atoms with E-state index in [4.69, 9.17) is 9.57 Å². The third-order valence-corrected chi connectivity index (χ3v) is 7.04. The topological polar surface area (TPSA) is 93.9 Å². The first-order chi connectivity index (χ1) is 18.2. The Balaban J connectivity index is 1.46. The smallest absolute Gasteiger partial charge is 0.345 e. The van der Waals surface area contributed by atoms with Gasteiger partial charge in [-0.15, -0.1) is 5.06 Å². The zero-order valence-electron chi connectivity index (χ0n) is 20.8. The van der Waals surface area contributed by atoms with Gasteiger partial charge in [0, 0.05) is 29.4 Å². The van der Waals surface area contributed by atoms with Crippen molar-refractivity contribution >= 4 is 61.5 Å². The molecule has 192 valence electrons. The van der Waals surface area contributed by atoms with Crippen molar-refractivity contribution in [1.82, 2.24) is 5.06 Å². The van der Waals surface area contributed by atoms with E-state index < -0.39 is 23.8 Å². The maximum atomic E-state index is 13.8. The molecule has 0 bridgehead atoms. The van der Waals surface area contributed by atoms with Gasteiger partial charge in [0.25, 0.3) is 11.8 Å². The van der Waals surface area contributed by atoms with Crippen LogP contribution in [0.1, 0.15) is 40.7 Å². The molecule has 8 nitrogen and oxygen atoms in total. The quantitative estimate of drug-likeness (QED) is 0.109. The summed E-state index contributed by atoms with van der Waals surface area (Å²) in [6.07, 6.45) is 0.101. The lowest BCUT2D eigenvalue weighted by molar-refractivity contribution is -0.617. The minimum Gasteiger partial charge on any atom is -0.422 e. The number of fused-ring (bicyclic) bond motifs is 2. The normalized spacial score (nSPS) is 13.4. The van der Waals surface area contributed by atoms with Crippen molar-refractivity contribution < 1.29 is 33.3 Å². The molecule has 0 radical (unpaired) electrons. The van der Waals surface area contributed by atoms with E-state index in [1.807, 2.05) is 73.1 Å². The highest BCUT2D eigenvalue weighted by molar-refractivity contribution is 9.10. The molecule has 9 heteroatoms. The van der Waals surface area contributed by atoms with Crippen LogP contribution in [0.4, 0.5) is 0 Å². The number of para-hydroxylation sites is 2. The maximum Gasteiger partial charge on any atom is 0.345 e. The predicted octanol–water partition coefficient (Wildman–Crippen LogP) is 4.65. The van der Waals surface area contributed by atoms with Gasteiger partial charge in [0.15, 0.2) is 0 Å². The van der Waals surface area contributed by atoms with Crippen molar-refractivity contribution in [3.05, 3.63) is 81.8 Å². The van der Waals surface area contributed by atoms with Crippen molar-refractivity contribution in [3.8, 4) is 5.75 Å². The number of imide groups is 1. The molecule has 4 aromatic rings. The highest BCUT2D eigenvalue weighted by Crippen LogP contribution is 2.32. The lowest BCUT2D eigenvalue weighted by Crippen LogP contribution is -2.32. The summed E-state index contributed by atoms with van der Waals surface area (Å²) in [4.78, 5) is 54.7. The van der Waals surface area contributed by atoms with Crippen LogP contribution in [0.3, 0.4) is 0 Å². The number of carbonyl (C=O) groups is 4. The average Bonchev–Trinajstić information content (AvgIpc) is 3.21. The van der Waals surface area contributed by atoms with Crippen LogP contribution in [0, 0.1) is 6.92 Å². The first-order valence-corrected chi connectivity index (χ1v) is 12.9. The number of halogens is 1. The number of amides is 2. The molecule has 38 heavy (non-hydrogen) atoms. The number of benzene rings is 3. The molecule has 0 aliphatic carbocycles. The summed E-state index contributed by atoms with van der Waals surface area (Å²) in [6, 6.07) is 18.9. The van der Waals surface area contributed by atoms with Gasteiger partial charge in [-0.3, -0.25) is 9.59 Å². The number of esters is 1. The Hall–Kier alpha value is -4.11. The number of hydrogen-bond acceptors (Lipinski definition) is 6. The fourth-order valence-corrected chi connectivity index (χ4v) is 5.39. The van der Waals surface area contributed by atoms with E-state index in [9.17, 15) is 19.2 Å². The summed E-state index contributed by atoms with van der Waals surface area (Å²) in [5.74, 6) is -1.96. The van der Waals surface area contributed by atoms with Gasteiger partial charge in [0.05, 0.1) is 22.8 Å². The second-order valence-corrected chi connectivity index (χ2v) is 10.0. The van der Waals surface area contributed by atoms with E-state index in [0.717, 1.165) is 26.3 Å². The van der Waals surface area contributed by atoms with Crippen molar-refractivity contribution in [2.75, 3.05) is 0 Å². The van der Waals surface area contributed by atoms with Gasteiger partial charge in [-0.1, -0.05) is 40.2 Å². The molecule has 0 spiro atoms. The van der Waals surface area contributed by atoms with Crippen LogP contribution in [0.15, 0.2) is 65.1 Å². The molecule has 3 aromatic carbocycles. The highest BCUT2D eigenvalue weighted by Gasteiger charge is 2.33. The number of hydrogen-bond donors (Lipinski definition) is 0. The van der Waals surface area contributed by atoms with E-state index in [-0.39, 0.29) is 25.7 Å². The first kappa shape index (κ1) is 25.5. The number of pyridine rings is 1. The first-order valence-electron chi connectivity index (χ1n) is 12.1. The highest BCUT2D eigenvalue weighted by atomic mass is 79.9. The van der Waals surface area contributed by atoms with Gasteiger partial charge in [0.2, 0.25) is 11.0 Å². The summed E-state index contributed by atoms with van der Waals surface area (Å²) >= 11 is 3.47. The molecule has 0 saturated carbocycles. The summed E-state index contributed by atoms with van der Waals surface area (Å²) in [5, 5.41) is 2.05. The standard InChI is InChI=1S/C29H24BrN2O6/c1-17-15-19(30)16-18(11-14-26(35)38-32-24(33)12-13-25(32)34)28(17)37-29(36)27-20-7-3-5-9-22(20)31(2)23-10-6-4-8-21(23)27/h3-10,15-16H,11-14H2,1-2H3/q+1. The number of ether oxygens (including phenoxy) is 1. The molecule has 1 aliphatic rings. The Morgan fingerprint density at radius 2 is 1.53 bits per heavy atom. The maximum absolute atomic E-state index is 13.8. The Morgan fingerprint density at radius 1 is 0.947 bits per heavy atom. The fourth-order valence-electron chi connectivity index (χ4n) is 4.77. The molecule has 2 heterocycles.